The fourth-order valence-electron chi connectivity index (χ4n) is 2.82. The number of hydrogen-bond donors (Lipinski definition) is 1. The van der Waals surface area contributed by atoms with Gasteiger partial charge >= 0.3 is 5.97 Å². The molecular weight excluding hydrogens is 368 g/mol. The lowest BCUT2D eigenvalue weighted by molar-refractivity contribution is 0.0601. The molecule has 0 saturated carbocycles. The van der Waals surface area contributed by atoms with E-state index >= 15 is 0 Å². The van der Waals surface area contributed by atoms with Crippen molar-refractivity contribution < 1.29 is 14.3 Å². The van der Waals surface area contributed by atoms with E-state index < -0.39 is 5.97 Å². The maximum Gasteiger partial charge on any atom is 0.339 e. The second-order valence-electron chi connectivity index (χ2n) is 6.26. The summed E-state index contributed by atoms with van der Waals surface area (Å²) >= 11 is 0. The first kappa shape index (κ1) is 20.0. The van der Waals surface area contributed by atoms with E-state index in [0.717, 1.165) is 5.56 Å². The van der Waals surface area contributed by atoms with Crippen LogP contribution in [0.25, 0.3) is 0 Å². The Morgan fingerprint density at radius 2 is 1.66 bits per heavy atom. The van der Waals surface area contributed by atoms with Gasteiger partial charge in [0, 0.05) is 25.5 Å². The third kappa shape index (κ3) is 4.95. The van der Waals surface area contributed by atoms with Crippen molar-refractivity contribution in [1.82, 2.24) is 14.9 Å². The van der Waals surface area contributed by atoms with Gasteiger partial charge in [-0.05, 0) is 24.6 Å². The normalized spacial score (nSPS) is 10.3. The number of ether oxygens (including phenoxy) is 1. The van der Waals surface area contributed by atoms with Gasteiger partial charge in [-0.15, -0.1) is 0 Å². The maximum atomic E-state index is 12.8. The Kier molecular flexibility index (Phi) is 6.52. The fraction of sp³-hybridized carbons (Fsp3) is 0.182. The monoisotopic (exact) mass is 390 g/mol. The number of hydrogen-bond acceptors (Lipinski definition) is 6. The quantitative estimate of drug-likeness (QED) is 0.620. The van der Waals surface area contributed by atoms with Crippen LogP contribution in [-0.2, 0) is 11.3 Å². The highest BCUT2D eigenvalue weighted by atomic mass is 16.5. The van der Waals surface area contributed by atoms with Crippen molar-refractivity contribution in [3.8, 4) is 0 Å². The molecule has 148 valence electrons. The number of aromatic nitrogens is 2. The van der Waals surface area contributed by atoms with Crippen molar-refractivity contribution >= 4 is 23.5 Å². The summed E-state index contributed by atoms with van der Waals surface area (Å²) in [6, 6.07) is 16.7. The van der Waals surface area contributed by atoms with Crippen LogP contribution >= 0.6 is 0 Å². The Hall–Kier alpha value is -3.74. The summed E-state index contributed by atoms with van der Waals surface area (Å²) in [5.74, 6) is -0.318. The van der Waals surface area contributed by atoms with Crippen LogP contribution in [-0.4, -0.2) is 40.4 Å². The highest BCUT2D eigenvalue weighted by molar-refractivity contribution is 5.96. The Bertz CT molecular complexity index is 975. The molecule has 0 aliphatic rings. The molecule has 3 rings (SSSR count). The van der Waals surface area contributed by atoms with Crippen LogP contribution < -0.4 is 5.32 Å². The molecule has 0 radical (unpaired) electrons. The van der Waals surface area contributed by atoms with Crippen molar-refractivity contribution in [1.29, 1.82) is 0 Å². The van der Waals surface area contributed by atoms with Gasteiger partial charge in [-0.2, -0.15) is 0 Å². The summed E-state index contributed by atoms with van der Waals surface area (Å²) in [5, 5.41) is 2.99. The lowest BCUT2D eigenvalue weighted by Crippen LogP contribution is -2.30. The molecule has 2 aromatic carbocycles. The van der Waals surface area contributed by atoms with Crippen molar-refractivity contribution in [2.24, 2.45) is 0 Å². The van der Waals surface area contributed by atoms with Crippen LogP contribution in [0, 0.1) is 0 Å². The molecule has 1 amide bonds. The zero-order chi connectivity index (χ0) is 20.6. The molecule has 0 spiro atoms. The largest absolute Gasteiger partial charge is 0.465 e. The standard InChI is InChI=1S/C22H22N4O3/c1-3-26(15-16-9-5-4-6-10-16)20(27)17-13-23-22(24-14-17)25-19-12-8-7-11-18(19)21(28)29-2/h4-14H,3,15H2,1-2H3,(H,23,24,25). The predicted molar refractivity (Wildman–Crippen MR) is 110 cm³/mol. The summed E-state index contributed by atoms with van der Waals surface area (Å²) in [6.07, 6.45) is 2.96. The first-order valence-corrected chi connectivity index (χ1v) is 9.22. The molecule has 3 aromatic rings. The van der Waals surface area contributed by atoms with Gasteiger partial charge in [-0.3, -0.25) is 4.79 Å². The topological polar surface area (TPSA) is 84.4 Å². The molecule has 1 N–H and O–H groups in total. The van der Waals surface area contributed by atoms with Gasteiger partial charge < -0.3 is 15.0 Å². The van der Waals surface area contributed by atoms with Gasteiger partial charge in [0.05, 0.1) is 23.9 Å². The second kappa shape index (κ2) is 9.45. The molecule has 29 heavy (non-hydrogen) atoms. The van der Waals surface area contributed by atoms with Gasteiger partial charge in [0.25, 0.3) is 5.91 Å². The molecule has 7 nitrogen and oxygen atoms in total. The third-order valence-corrected chi connectivity index (χ3v) is 4.36. The van der Waals surface area contributed by atoms with Gasteiger partial charge in [0.1, 0.15) is 0 Å². The number of para-hydroxylation sites is 1. The molecular formula is C22H22N4O3. The number of esters is 1. The van der Waals surface area contributed by atoms with E-state index in [1.165, 1.54) is 19.5 Å². The molecule has 0 bridgehead atoms. The zero-order valence-corrected chi connectivity index (χ0v) is 16.3. The van der Waals surface area contributed by atoms with Crippen LogP contribution in [0.1, 0.15) is 33.2 Å². The predicted octanol–water partition coefficient (Wildman–Crippen LogP) is 3.67. The van der Waals surface area contributed by atoms with E-state index in [-0.39, 0.29) is 11.9 Å². The number of nitrogens with zero attached hydrogens (tertiary/aromatic N) is 3. The first-order valence-electron chi connectivity index (χ1n) is 9.22. The smallest absolute Gasteiger partial charge is 0.339 e. The molecule has 0 aliphatic heterocycles. The van der Waals surface area contributed by atoms with Crippen LogP contribution in [0.4, 0.5) is 11.6 Å². The van der Waals surface area contributed by atoms with Gasteiger partial charge in [0.2, 0.25) is 5.95 Å². The average Bonchev–Trinajstić information content (AvgIpc) is 2.78. The zero-order valence-electron chi connectivity index (χ0n) is 16.3. The number of benzene rings is 2. The molecule has 1 heterocycles. The van der Waals surface area contributed by atoms with Gasteiger partial charge in [-0.25, -0.2) is 14.8 Å². The molecule has 0 unspecified atom stereocenters. The van der Waals surface area contributed by atoms with E-state index in [2.05, 4.69) is 15.3 Å². The third-order valence-electron chi connectivity index (χ3n) is 4.36. The Morgan fingerprint density at radius 3 is 2.31 bits per heavy atom. The van der Waals surface area contributed by atoms with Crippen molar-refractivity contribution in [2.75, 3.05) is 19.0 Å². The van der Waals surface area contributed by atoms with E-state index in [9.17, 15) is 9.59 Å². The van der Waals surface area contributed by atoms with E-state index in [4.69, 9.17) is 4.74 Å². The fourth-order valence-corrected chi connectivity index (χ4v) is 2.82. The van der Waals surface area contributed by atoms with E-state index in [0.29, 0.717) is 29.9 Å². The van der Waals surface area contributed by atoms with Crippen LogP contribution in [0.3, 0.4) is 0 Å². The number of amides is 1. The number of nitrogens with one attached hydrogen (secondary N) is 1. The van der Waals surface area contributed by atoms with Gasteiger partial charge in [0.15, 0.2) is 0 Å². The number of carbonyl (C=O) groups excluding carboxylic acids is 2. The van der Waals surface area contributed by atoms with Crippen molar-refractivity contribution in [2.45, 2.75) is 13.5 Å². The second-order valence-corrected chi connectivity index (χ2v) is 6.26. The van der Waals surface area contributed by atoms with Crippen LogP contribution in [0.15, 0.2) is 67.0 Å². The first-order chi connectivity index (χ1) is 14.1. The molecule has 7 heteroatoms. The van der Waals surface area contributed by atoms with Crippen LogP contribution in [0.5, 0.6) is 0 Å². The molecule has 0 aliphatic carbocycles. The molecule has 0 fully saturated rings. The highest BCUT2D eigenvalue weighted by Crippen LogP contribution is 2.19. The summed E-state index contributed by atoms with van der Waals surface area (Å²) in [6.45, 7) is 3.02. The minimum Gasteiger partial charge on any atom is -0.465 e. The average molecular weight is 390 g/mol. The molecule has 1 aromatic heterocycles. The molecule has 0 saturated heterocycles. The van der Waals surface area contributed by atoms with Crippen molar-refractivity contribution in [3.63, 3.8) is 0 Å². The Morgan fingerprint density at radius 1 is 1.00 bits per heavy atom. The minimum atomic E-state index is -0.459. The molecule has 0 atom stereocenters. The van der Waals surface area contributed by atoms with Crippen molar-refractivity contribution in [3.05, 3.63) is 83.7 Å². The number of carbonyl (C=O) groups is 2. The summed E-state index contributed by atoms with van der Waals surface area (Å²) in [4.78, 5) is 34.8. The lowest BCUT2D eigenvalue weighted by Gasteiger charge is -2.21. The number of rotatable bonds is 7. The lowest BCUT2D eigenvalue weighted by atomic mass is 10.2. The Labute approximate surface area is 169 Å². The van der Waals surface area contributed by atoms with E-state index in [1.54, 1.807) is 29.2 Å². The van der Waals surface area contributed by atoms with Crippen LogP contribution in [0.2, 0.25) is 0 Å². The van der Waals surface area contributed by atoms with E-state index in [1.807, 2.05) is 37.3 Å². The minimum absolute atomic E-state index is 0.141. The van der Waals surface area contributed by atoms with Gasteiger partial charge in [-0.1, -0.05) is 42.5 Å². The summed E-state index contributed by atoms with van der Waals surface area (Å²) < 4.78 is 4.78. The number of methoxy groups -OCH3 is 1. The summed E-state index contributed by atoms with van der Waals surface area (Å²) in [7, 11) is 1.32. The maximum absolute atomic E-state index is 12.8. The highest BCUT2D eigenvalue weighted by Gasteiger charge is 2.16. The SMILES string of the molecule is CCN(Cc1ccccc1)C(=O)c1cnc(Nc2ccccc2C(=O)OC)nc1. The summed E-state index contributed by atoms with van der Waals surface area (Å²) in [5.41, 5.74) is 2.35. The Balaban J connectivity index is 1.73. The number of anilines is 2.